The van der Waals surface area contributed by atoms with Gasteiger partial charge in [0.15, 0.2) is 0 Å². The highest BCUT2D eigenvalue weighted by Crippen LogP contribution is 2.42. The van der Waals surface area contributed by atoms with Crippen molar-refractivity contribution in [1.29, 1.82) is 0 Å². The fourth-order valence-corrected chi connectivity index (χ4v) is 8.35. The Hall–Kier alpha value is -3.59. The van der Waals surface area contributed by atoms with Crippen molar-refractivity contribution in [3.8, 4) is 17.1 Å². The van der Waals surface area contributed by atoms with Gasteiger partial charge in [-0.2, -0.15) is 9.97 Å². The van der Waals surface area contributed by atoms with Crippen LogP contribution >= 0.6 is 0 Å². The van der Waals surface area contributed by atoms with Gasteiger partial charge in [-0.05, 0) is 86.4 Å². The van der Waals surface area contributed by atoms with Gasteiger partial charge < -0.3 is 14.5 Å². The van der Waals surface area contributed by atoms with Gasteiger partial charge in [0.1, 0.15) is 18.6 Å². The average Bonchev–Trinajstić information content (AvgIpc) is 3.64. The maximum atomic E-state index is 14.4. The molecule has 2 aromatic heterocycles. The first-order valence-corrected chi connectivity index (χ1v) is 15.5. The molecule has 1 aromatic carbocycles. The first-order chi connectivity index (χ1) is 20.5. The number of alkyl halides is 1. The number of pyridine rings is 1. The number of carbonyl (C=O) groups excluding carboxylic acids is 1. The molecule has 0 spiro atoms. The third-order valence-corrected chi connectivity index (χ3v) is 10.5. The van der Waals surface area contributed by atoms with Crippen molar-refractivity contribution in [2.24, 2.45) is 0 Å². The number of benzene rings is 1. The van der Waals surface area contributed by atoms with Crippen molar-refractivity contribution in [2.75, 3.05) is 37.7 Å². The van der Waals surface area contributed by atoms with Crippen LogP contribution in [0.3, 0.4) is 0 Å². The molecule has 1 unspecified atom stereocenters. The highest BCUT2D eigenvalue weighted by molar-refractivity contribution is 5.94. The number of ether oxygens (including phenoxy) is 1. The number of nitrogens with zero attached hydrogens (tertiary/aromatic N) is 6. The molecule has 0 N–H and O–H groups in total. The summed E-state index contributed by atoms with van der Waals surface area (Å²) in [5, 5.41) is 0.973. The number of hydrogen-bond acceptors (Lipinski definition) is 7. The Morgan fingerprint density at radius 1 is 1.12 bits per heavy atom. The van der Waals surface area contributed by atoms with Gasteiger partial charge in [-0.15, -0.1) is 0 Å². The number of aryl methyl sites for hydroxylation is 1. The number of aromatic nitrogens is 3. The van der Waals surface area contributed by atoms with Crippen LogP contribution in [0.1, 0.15) is 49.7 Å². The number of anilines is 1. The SMILES string of the molecule is C=CC(=O)N1CC[C@@H]2[C@H]1CN2c1nc(OCC23CCCN2C[C@H](F)C3)nc2cc(-c3cncc4c3CCCC4)ccc12. The van der Waals surface area contributed by atoms with Crippen LogP contribution < -0.4 is 9.64 Å². The summed E-state index contributed by atoms with van der Waals surface area (Å²) >= 11 is 0. The summed E-state index contributed by atoms with van der Waals surface area (Å²) in [4.78, 5) is 33.4. The molecular weight excluding hydrogens is 531 g/mol. The quantitative estimate of drug-likeness (QED) is 0.406. The van der Waals surface area contributed by atoms with E-state index in [0.717, 1.165) is 74.0 Å². The number of halogens is 1. The second-order valence-corrected chi connectivity index (χ2v) is 12.8. The highest BCUT2D eigenvalue weighted by Gasteiger charge is 2.50. The molecule has 9 heteroatoms. The third kappa shape index (κ3) is 4.11. The fourth-order valence-electron chi connectivity index (χ4n) is 8.35. The number of amides is 1. The zero-order valence-electron chi connectivity index (χ0n) is 24.0. The van der Waals surface area contributed by atoms with Crippen LogP contribution in [0.15, 0.2) is 43.2 Å². The smallest absolute Gasteiger partial charge is 0.319 e. The molecule has 0 bridgehead atoms. The average molecular weight is 569 g/mol. The van der Waals surface area contributed by atoms with Crippen molar-refractivity contribution in [1.82, 2.24) is 24.8 Å². The van der Waals surface area contributed by atoms with Crippen LogP contribution in [0.25, 0.3) is 22.0 Å². The molecule has 8 nitrogen and oxygen atoms in total. The minimum absolute atomic E-state index is 0.00809. The first kappa shape index (κ1) is 26.1. The number of hydrogen-bond donors (Lipinski definition) is 0. The summed E-state index contributed by atoms with van der Waals surface area (Å²) in [5.41, 5.74) is 5.58. The molecule has 6 heterocycles. The molecule has 4 atom stereocenters. The van der Waals surface area contributed by atoms with Crippen molar-refractivity contribution >= 4 is 22.6 Å². The molecule has 218 valence electrons. The maximum Gasteiger partial charge on any atom is 0.319 e. The lowest BCUT2D eigenvalue weighted by atomic mass is 9.87. The molecule has 4 aliphatic heterocycles. The van der Waals surface area contributed by atoms with Gasteiger partial charge in [-0.1, -0.05) is 12.6 Å². The minimum atomic E-state index is -0.809. The standard InChI is InChI=1S/C33H37FN6O2/c1-2-30(41)39-13-10-28-29(39)19-40(28)31-25-9-8-21(26-17-35-16-22-6-3-4-7-24(22)26)14-27(25)36-32(37-31)42-20-33-11-5-12-38(33)18-23(34)15-33/h2,8-9,14,16-17,23,28-29H,1,3-7,10-13,15,18-20H2/t23-,28-,29-,33?/m1/s1. The molecule has 4 fully saturated rings. The Kier molecular flexibility index (Phi) is 6.21. The number of likely N-dealkylation sites (tertiary alicyclic amines) is 1. The Morgan fingerprint density at radius 2 is 2.02 bits per heavy atom. The lowest BCUT2D eigenvalue weighted by Crippen LogP contribution is -2.63. The van der Waals surface area contributed by atoms with Crippen molar-refractivity contribution in [2.45, 2.75) is 75.2 Å². The second-order valence-electron chi connectivity index (χ2n) is 12.8. The van der Waals surface area contributed by atoms with Crippen molar-refractivity contribution in [3.63, 3.8) is 0 Å². The molecule has 4 saturated heterocycles. The second kappa shape index (κ2) is 10.0. The Labute approximate surface area is 245 Å². The van der Waals surface area contributed by atoms with Crippen LogP contribution in [-0.2, 0) is 17.6 Å². The Balaban J connectivity index is 1.17. The normalized spacial score (nSPS) is 28.4. The van der Waals surface area contributed by atoms with Crippen LogP contribution in [0.4, 0.5) is 10.2 Å². The van der Waals surface area contributed by atoms with Gasteiger partial charge in [-0.25, -0.2) is 4.39 Å². The van der Waals surface area contributed by atoms with E-state index < -0.39 is 6.17 Å². The first-order valence-electron chi connectivity index (χ1n) is 15.5. The molecule has 5 aliphatic rings. The van der Waals surface area contributed by atoms with Crippen molar-refractivity contribution < 1.29 is 13.9 Å². The van der Waals surface area contributed by atoms with E-state index in [1.165, 1.54) is 35.6 Å². The predicted octanol–water partition coefficient (Wildman–Crippen LogP) is 4.50. The molecule has 0 radical (unpaired) electrons. The molecule has 42 heavy (non-hydrogen) atoms. The monoisotopic (exact) mass is 568 g/mol. The van der Waals surface area contributed by atoms with Gasteiger partial charge in [0.05, 0.1) is 23.1 Å². The number of fused-ring (bicyclic) bond motifs is 4. The highest BCUT2D eigenvalue weighted by atomic mass is 19.1. The molecule has 3 aromatic rings. The zero-order chi connectivity index (χ0) is 28.4. The topological polar surface area (TPSA) is 74.7 Å². The van der Waals surface area contributed by atoms with Crippen LogP contribution in [0.5, 0.6) is 6.01 Å². The lowest BCUT2D eigenvalue weighted by Gasteiger charge is -2.47. The van der Waals surface area contributed by atoms with Gasteiger partial charge in [0.2, 0.25) is 5.91 Å². The van der Waals surface area contributed by atoms with E-state index in [1.807, 2.05) is 17.3 Å². The van der Waals surface area contributed by atoms with Gasteiger partial charge in [0.25, 0.3) is 0 Å². The van der Waals surface area contributed by atoms with E-state index in [4.69, 9.17) is 14.7 Å². The summed E-state index contributed by atoms with van der Waals surface area (Å²) < 4.78 is 20.8. The van der Waals surface area contributed by atoms with Crippen LogP contribution in [0.2, 0.25) is 0 Å². The Bertz CT molecular complexity index is 1580. The molecule has 1 amide bonds. The Morgan fingerprint density at radius 3 is 2.93 bits per heavy atom. The van der Waals surface area contributed by atoms with E-state index in [1.54, 1.807) is 0 Å². The lowest BCUT2D eigenvalue weighted by molar-refractivity contribution is -0.127. The summed E-state index contributed by atoms with van der Waals surface area (Å²) in [5.74, 6) is 0.839. The van der Waals surface area contributed by atoms with Gasteiger partial charge >= 0.3 is 6.01 Å². The fraction of sp³-hybridized carbons (Fsp3) is 0.515. The van der Waals surface area contributed by atoms with Crippen molar-refractivity contribution in [3.05, 3.63) is 54.4 Å². The largest absolute Gasteiger partial charge is 0.461 e. The van der Waals surface area contributed by atoms with Gasteiger partial charge in [0, 0.05) is 49.4 Å². The van der Waals surface area contributed by atoms with E-state index in [9.17, 15) is 9.18 Å². The van der Waals surface area contributed by atoms with Crippen LogP contribution in [0, 0.1) is 0 Å². The predicted molar refractivity (Wildman–Crippen MR) is 159 cm³/mol. The van der Waals surface area contributed by atoms with Gasteiger partial charge in [-0.3, -0.25) is 14.7 Å². The maximum absolute atomic E-state index is 14.4. The molecule has 1 aliphatic carbocycles. The zero-order valence-corrected chi connectivity index (χ0v) is 24.0. The van der Waals surface area contributed by atoms with E-state index in [2.05, 4.69) is 39.6 Å². The number of carbonyl (C=O) groups is 1. The number of rotatable bonds is 6. The van der Waals surface area contributed by atoms with E-state index in [-0.39, 0.29) is 23.5 Å². The summed E-state index contributed by atoms with van der Waals surface area (Å²) in [6.07, 6.45) is 12.6. The molecule has 8 rings (SSSR count). The van der Waals surface area contributed by atoms with E-state index in [0.29, 0.717) is 25.6 Å². The summed E-state index contributed by atoms with van der Waals surface area (Å²) in [6.45, 7) is 6.93. The summed E-state index contributed by atoms with van der Waals surface area (Å²) in [7, 11) is 0. The van der Waals surface area contributed by atoms with E-state index >= 15 is 0 Å². The summed E-state index contributed by atoms with van der Waals surface area (Å²) in [6, 6.07) is 7.14. The third-order valence-electron chi connectivity index (χ3n) is 10.5. The molecular formula is C33H37FN6O2. The molecule has 0 saturated carbocycles. The minimum Gasteiger partial charge on any atom is -0.461 e. The van der Waals surface area contributed by atoms with Crippen LogP contribution in [-0.4, -0.2) is 87.2 Å².